The van der Waals surface area contributed by atoms with Crippen LogP contribution in [0.15, 0.2) is 35.9 Å². The minimum absolute atomic E-state index is 0.0644. The highest BCUT2D eigenvalue weighted by atomic mass is 19.3. The van der Waals surface area contributed by atoms with Crippen LogP contribution in [0.3, 0.4) is 0 Å². The summed E-state index contributed by atoms with van der Waals surface area (Å²) in [5.41, 5.74) is 1.13. The number of aryl methyl sites for hydroxylation is 1. The van der Waals surface area contributed by atoms with E-state index in [1.807, 2.05) is 0 Å². The van der Waals surface area contributed by atoms with Crippen LogP contribution in [-0.2, 0) is 20.7 Å². The van der Waals surface area contributed by atoms with Crippen LogP contribution in [-0.4, -0.2) is 32.1 Å². The SMILES string of the molecule is COC(=O)C(C)=CCNC(=O)CCc1cccc(OC(F)F)c1. The van der Waals surface area contributed by atoms with Crippen molar-refractivity contribution in [2.75, 3.05) is 13.7 Å². The molecule has 1 rings (SSSR count). The zero-order chi connectivity index (χ0) is 17.2. The van der Waals surface area contributed by atoms with Crippen molar-refractivity contribution < 1.29 is 27.8 Å². The summed E-state index contributed by atoms with van der Waals surface area (Å²) in [6.07, 6.45) is 2.15. The molecule has 0 bridgehead atoms. The molecule has 0 aliphatic carbocycles. The molecule has 1 aromatic rings. The van der Waals surface area contributed by atoms with E-state index < -0.39 is 12.6 Å². The molecule has 0 aliphatic rings. The smallest absolute Gasteiger partial charge is 0.387 e. The molecule has 1 N–H and O–H groups in total. The van der Waals surface area contributed by atoms with Gasteiger partial charge in [0.15, 0.2) is 0 Å². The predicted octanol–water partition coefficient (Wildman–Crippen LogP) is 2.46. The van der Waals surface area contributed by atoms with Gasteiger partial charge in [0.05, 0.1) is 7.11 Å². The van der Waals surface area contributed by atoms with Gasteiger partial charge in [0.2, 0.25) is 5.91 Å². The number of esters is 1. The number of carbonyl (C=O) groups excluding carboxylic acids is 2. The van der Waals surface area contributed by atoms with Gasteiger partial charge in [0, 0.05) is 18.5 Å². The molecular weight excluding hydrogens is 308 g/mol. The first kappa shape index (κ1) is 18.6. The number of carbonyl (C=O) groups is 2. The van der Waals surface area contributed by atoms with E-state index in [0.29, 0.717) is 12.0 Å². The molecule has 0 heterocycles. The van der Waals surface area contributed by atoms with Gasteiger partial charge in [-0.3, -0.25) is 4.79 Å². The van der Waals surface area contributed by atoms with Gasteiger partial charge in [-0.25, -0.2) is 4.79 Å². The van der Waals surface area contributed by atoms with Crippen molar-refractivity contribution in [1.82, 2.24) is 5.32 Å². The van der Waals surface area contributed by atoms with E-state index in [2.05, 4.69) is 14.8 Å². The van der Waals surface area contributed by atoms with Crippen molar-refractivity contribution in [2.45, 2.75) is 26.4 Å². The minimum atomic E-state index is -2.88. The molecule has 7 heteroatoms. The highest BCUT2D eigenvalue weighted by molar-refractivity contribution is 5.87. The Bertz CT molecular complexity index is 573. The highest BCUT2D eigenvalue weighted by Gasteiger charge is 2.07. The van der Waals surface area contributed by atoms with Crippen LogP contribution >= 0.6 is 0 Å². The van der Waals surface area contributed by atoms with Crippen LogP contribution in [0, 0.1) is 0 Å². The maximum Gasteiger partial charge on any atom is 0.387 e. The number of halogens is 2. The maximum absolute atomic E-state index is 12.1. The molecule has 0 atom stereocenters. The standard InChI is InChI=1S/C16H19F2NO4/c1-11(15(21)22-2)8-9-19-14(20)7-6-12-4-3-5-13(10-12)23-16(17)18/h3-5,8,10,16H,6-7,9H2,1-2H3,(H,19,20). The third kappa shape index (κ3) is 7.39. The molecule has 1 amide bonds. The first-order valence-corrected chi connectivity index (χ1v) is 6.98. The molecule has 0 saturated carbocycles. The molecule has 0 spiro atoms. The van der Waals surface area contributed by atoms with E-state index in [-0.39, 0.29) is 24.6 Å². The van der Waals surface area contributed by atoms with Crippen molar-refractivity contribution in [2.24, 2.45) is 0 Å². The number of rotatable bonds is 8. The van der Waals surface area contributed by atoms with Crippen molar-refractivity contribution in [3.8, 4) is 5.75 Å². The molecule has 0 saturated heterocycles. The van der Waals surface area contributed by atoms with Gasteiger partial charge in [0.25, 0.3) is 0 Å². The lowest BCUT2D eigenvalue weighted by Crippen LogP contribution is -2.24. The zero-order valence-corrected chi connectivity index (χ0v) is 13.0. The highest BCUT2D eigenvalue weighted by Crippen LogP contribution is 2.16. The van der Waals surface area contributed by atoms with Gasteiger partial charge in [-0.2, -0.15) is 8.78 Å². The monoisotopic (exact) mass is 327 g/mol. The number of hydrogen-bond acceptors (Lipinski definition) is 4. The average molecular weight is 327 g/mol. The van der Waals surface area contributed by atoms with E-state index in [1.54, 1.807) is 25.1 Å². The van der Waals surface area contributed by atoms with Crippen molar-refractivity contribution in [1.29, 1.82) is 0 Å². The summed E-state index contributed by atoms with van der Waals surface area (Å²) in [6, 6.07) is 6.22. The predicted molar refractivity (Wildman–Crippen MR) is 80.2 cm³/mol. The Labute approximate surface area is 133 Å². The zero-order valence-electron chi connectivity index (χ0n) is 13.0. The Morgan fingerprint density at radius 2 is 2.09 bits per heavy atom. The van der Waals surface area contributed by atoms with Crippen molar-refractivity contribution >= 4 is 11.9 Å². The first-order chi connectivity index (χ1) is 10.9. The minimum Gasteiger partial charge on any atom is -0.466 e. The Hall–Kier alpha value is -2.44. The topological polar surface area (TPSA) is 64.6 Å². The van der Waals surface area contributed by atoms with Gasteiger partial charge in [-0.15, -0.1) is 0 Å². The summed E-state index contributed by atoms with van der Waals surface area (Å²) >= 11 is 0. The Morgan fingerprint density at radius 3 is 2.74 bits per heavy atom. The van der Waals surface area contributed by atoms with Crippen molar-refractivity contribution in [3.63, 3.8) is 0 Å². The number of ether oxygens (including phenoxy) is 2. The number of hydrogen-bond donors (Lipinski definition) is 1. The molecule has 0 radical (unpaired) electrons. The fraction of sp³-hybridized carbons (Fsp3) is 0.375. The van der Waals surface area contributed by atoms with Gasteiger partial charge in [-0.1, -0.05) is 18.2 Å². The second-order valence-electron chi connectivity index (χ2n) is 4.71. The fourth-order valence-corrected chi connectivity index (χ4v) is 1.79. The van der Waals surface area contributed by atoms with Crippen molar-refractivity contribution in [3.05, 3.63) is 41.5 Å². The van der Waals surface area contributed by atoms with Crippen LogP contribution < -0.4 is 10.1 Å². The van der Waals surface area contributed by atoms with Gasteiger partial charge < -0.3 is 14.8 Å². The molecule has 0 unspecified atom stereocenters. The number of amides is 1. The lowest BCUT2D eigenvalue weighted by atomic mass is 10.1. The summed E-state index contributed by atoms with van der Waals surface area (Å²) < 4.78 is 33.1. The molecule has 1 aromatic carbocycles. The number of methoxy groups -OCH3 is 1. The normalized spacial score (nSPS) is 11.3. The molecule has 0 aliphatic heterocycles. The largest absolute Gasteiger partial charge is 0.466 e. The lowest BCUT2D eigenvalue weighted by Gasteiger charge is -2.07. The Morgan fingerprint density at radius 1 is 1.35 bits per heavy atom. The molecule has 23 heavy (non-hydrogen) atoms. The van der Waals surface area contributed by atoms with E-state index in [9.17, 15) is 18.4 Å². The number of benzene rings is 1. The second kappa shape index (κ2) is 9.55. The Balaban J connectivity index is 2.40. The Kier molecular flexibility index (Phi) is 7.73. The van der Waals surface area contributed by atoms with E-state index in [0.717, 1.165) is 5.56 Å². The average Bonchev–Trinajstić information content (AvgIpc) is 2.51. The first-order valence-electron chi connectivity index (χ1n) is 6.98. The maximum atomic E-state index is 12.1. The number of alkyl halides is 2. The lowest BCUT2D eigenvalue weighted by molar-refractivity contribution is -0.136. The third-order valence-electron chi connectivity index (χ3n) is 2.98. The summed E-state index contributed by atoms with van der Waals surface area (Å²) in [4.78, 5) is 22.8. The summed E-state index contributed by atoms with van der Waals surface area (Å²) in [6.45, 7) is -1.07. The second-order valence-corrected chi connectivity index (χ2v) is 4.71. The van der Waals surface area contributed by atoms with E-state index in [4.69, 9.17) is 0 Å². The van der Waals surface area contributed by atoms with E-state index in [1.165, 1.54) is 19.2 Å². The molecule has 126 valence electrons. The fourth-order valence-electron chi connectivity index (χ4n) is 1.79. The van der Waals surface area contributed by atoms with Gasteiger partial charge >= 0.3 is 12.6 Å². The molecule has 0 fully saturated rings. The van der Waals surface area contributed by atoms with Crippen LogP contribution in [0.2, 0.25) is 0 Å². The van der Waals surface area contributed by atoms with E-state index >= 15 is 0 Å². The number of nitrogens with one attached hydrogen (secondary N) is 1. The summed E-state index contributed by atoms with van der Waals surface area (Å²) in [5.74, 6) is -0.594. The molecule has 0 aromatic heterocycles. The van der Waals surface area contributed by atoms with Crippen LogP contribution in [0.5, 0.6) is 5.75 Å². The quantitative estimate of drug-likeness (QED) is 0.588. The van der Waals surface area contributed by atoms with Crippen LogP contribution in [0.1, 0.15) is 18.9 Å². The third-order valence-corrected chi connectivity index (χ3v) is 2.98. The summed E-state index contributed by atoms with van der Waals surface area (Å²) in [7, 11) is 1.28. The van der Waals surface area contributed by atoms with Gasteiger partial charge in [0.1, 0.15) is 5.75 Å². The molecular formula is C16H19F2NO4. The van der Waals surface area contributed by atoms with Gasteiger partial charge in [-0.05, 0) is 31.0 Å². The summed E-state index contributed by atoms with van der Waals surface area (Å²) in [5, 5.41) is 2.64. The van der Waals surface area contributed by atoms with Crippen LogP contribution in [0.25, 0.3) is 0 Å². The molecule has 5 nitrogen and oxygen atoms in total. The van der Waals surface area contributed by atoms with Crippen LogP contribution in [0.4, 0.5) is 8.78 Å².